The van der Waals surface area contributed by atoms with Gasteiger partial charge in [-0.3, -0.25) is 4.79 Å². The number of likely N-dealkylation sites (tertiary alicyclic amines) is 1. The summed E-state index contributed by atoms with van der Waals surface area (Å²) < 4.78 is 0. The topological polar surface area (TPSA) is 40.5 Å². The summed E-state index contributed by atoms with van der Waals surface area (Å²) in [6.07, 6.45) is 3.05. The Kier molecular flexibility index (Phi) is 7.51. The number of aliphatic hydroxyl groups excluding tert-OH is 1. The maximum Gasteiger partial charge on any atom is 0.229 e. The summed E-state index contributed by atoms with van der Waals surface area (Å²) in [7, 11) is 0. The van der Waals surface area contributed by atoms with Crippen LogP contribution in [-0.4, -0.2) is 28.6 Å². The zero-order valence-corrected chi connectivity index (χ0v) is 19.9. The smallest absolute Gasteiger partial charge is 0.229 e. The molecule has 0 aliphatic carbocycles. The number of amides is 1. The molecule has 31 heavy (non-hydrogen) atoms. The third-order valence-electron chi connectivity index (χ3n) is 6.50. The molecule has 0 aromatic heterocycles. The summed E-state index contributed by atoms with van der Waals surface area (Å²) in [4.78, 5) is 15.9. The highest BCUT2D eigenvalue weighted by Crippen LogP contribution is 2.52. The van der Waals surface area contributed by atoms with Crippen LogP contribution < -0.4 is 0 Å². The van der Waals surface area contributed by atoms with Crippen LogP contribution >= 0.6 is 23.2 Å². The van der Waals surface area contributed by atoms with Gasteiger partial charge in [-0.05, 0) is 54.2 Å². The minimum Gasteiger partial charge on any atom is -0.394 e. The molecule has 1 heterocycles. The molecule has 2 aromatic carbocycles. The second-order valence-electron chi connectivity index (χ2n) is 9.12. The molecule has 1 amide bonds. The van der Waals surface area contributed by atoms with Crippen molar-refractivity contribution in [2.24, 2.45) is 11.3 Å². The van der Waals surface area contributed by atoms with Crippen molar-refractivity contribution in [3.8, 4) is 0 Å². The number of hydrogen-bond acceptors (Lipinski definition) is 2. The maximum absolute atomic E-state index is 14.0. The van der Waals surface area contributed by atoms with Crippen molar-refractivity contribution in [2.75, 3.05) is 6.61 Å². The third-order valence-corrected chi connectivity index (χ3v) is 6.99. The van der Waals surface area contributed by atoms with Crippen molar-refractivity contribution in [1.82, 2.24) is 4.90 Å². The molecule has 1 fully saturated rings. The fourth-order valence-electron chi connectivity index (χ4n) is 4.87. The van der Waals surface area contributed by atoms with Gasteiger partial charge in [0.25, 0.3) is 0 Å². The van der Waals surface area contributed by atoms with E-state index in [0.717, 1.165) is 11.1 Å². The van der Waals surface area contributed by atoms with Crippen LogP contribution in [0.1, 0.15) is 56.7 Å². The summed E-state index contributed by atoms with van der Waals surface area (Å²) in [6, 6.07) is 15.0. The first-order valence-corrected chi connectivity index (χ1v) is 11.5. The van der Waals surface area contributed by atoms with Crippen LogP contribution in [0.15, 0.2) is 61.2 Å². The standard InChI is InChI=1S/C26H31Cl2NO2/c1-5-13-26(4)15-22(19-7-6-8-21(28)14-19)24(18-9-11-20(27)12-10-18)29(25(26)31)23(16-30)17(2)3/h5-12,14,17,22-24,30H,1,13,15-16H2,2-4H3. The number of piperidine rings is 1. The zero-order chi connectivity index (χ0) is 22.8. The molecule has 2 aromatic rings. The van der Waals surface area contributed by atoms with E-state index in [1.807, 2.05) is 74.2 Å². The summed E-state index contributed by atoms with van der Waals surface area (Å²) in [5.74, 6) is 0.156. The van der Waals surface area contributed by atoms with Crippen LogP contribution in [0.25, 0.3) is 0 Å². The van der Waals surface area contributed by atoms with E-state index in [9.17, 15) is 9.90 Å². The minimum absolute atomic E-state index is 0.00956. The van der Waals surface area contributed by atoms with Crippen LogP contribution in [-0.2, 0) is 4.79 Å². The second kappa shape index (κ2) is 9.77. The highest BCUT2D eigenvalue weighted by atomic mass is 35.5. The molecule has 1 aliphatic rings. The lowest BCUT2D eigenvalue weighted by atomic mass is 9.66. The van der Waals surface area contributed by atoms with E-state index in [2.05, 4.69) is 12.6 Å². The number of carbonyl (C=O) groups is 1. The number of carbonyl (C=O) groups excluding carboxylic acids is 1. The predicted molar refractivity (Wildman–Crippen MR) is 128 cm³/mol. The van der Waals surface area contributed by atoms with Crippen molar-refractivity contribution < 1.29 is 9.90 Å². The lowest BCUT2D eigenvalue weighted by Gasteiger charge is -2.52. The van der Waals surface area contributed by atoms with E-state index >= 15 is 0 Å². The average Bonchev–Trinajstić information content (AvgIpc) is 2.72. The first-order valence-electron chi connectivity index (χ1n) is 10.8. The quantitative estimate of drug-likeness (QED) is 0.470. The number of nitrogens with zero attached hydrogens (tertiary/aromatic N) is 1. The van der Waals surface area contributed by atoms with Gasteiger partial charge in [0.1, 0.15) is 0 Å². The van der Waals surface area contributed by atoms with Crippen LogP contribution in [0.3, 0.4) is 0 Å². The van der Waals surface area contributed by atoms with E-state index in [1.165, 1.54) is 0 Å². The molecule has 0 bridgehead atoms. The minimum atomic E-state index is -0.611. The molecule has 1 N–H and O–H groups in total. The molecule has 0 spiro atoms. The van der Waals surface area contributed by atoms with Crippen molar-refractivity contribution >= 4 is 29.1 Å². The van der Waals surface area contributed by atoms with Gasteiger partial charge >= 0.3 is 0 Å². The van der Waals surface area contributed by atoms with Crippen molar-refractivity contribution in [1.29, 1.82) is 0 Å². The van der Waals surface area contributed by atoms with E-state index < -0.39 is 5.41 Å². The highest BCUT2D eigenvalue weighted by Gasteiger charge is 2.51. The van der Waals surface area contributed by atoms with Gasteiger partial charge in [-0.1, -0.05) is 74.3 Å². The Hall–Kier alpha value is -1.81. The average molecular weight is 460 g/mol. The van der Waals surface area contributed by atoms with Crippen molar-refractivity contribution in [3.63, 3.8) is 0 Å². The first kappa shape index (κ1) is 23.8. The summed E-state index contributed by atoms with van der Waals surface area (Å²) in [5.41, 5.74) is 1.48. The van der Waals surface area contributed by atoms with Gasteiger partial charge in [0.15, 0.2) is 0 Å². The summed E-state index contributed by atoms with van der Waals surface area (Å²) in [6.45, 7) is 9.90. The number of allylic oxidation sites excluding steroid dienone is 1. The number of rotatable bonds is 7. The third kappa shape index (κ3) is 4.84. The molecular formula is C26H31Cl2NO2. The van der Waals surface area contributed by atoms with E-state index in [-0.39, 0.29) is 36.4 Å². The summed E-state index contributed by atoms with van der Waals surface area (Å²) in [5, 5.41) is 11.6. The maximum atomic E-state index is 14.0. The number of halogens is 2. The molecule has 3 nitrogen and oxygen atoms in total. The van der Waals surface area contributed by atoms with Gasteiger partial charge in [-0.25, -0.2) is 0 Å². The Bertz CT molecular complexity index is 927. The van der Waals surface area contributed by atoms with Crippen LogP contribution in [0.2, 0.25) is 10.0 Å². The Morgan fingerprint density at radius 1 is 1.16 bits per heavy atom. The molecule has 0 saturated carbocycles. The normalized spacial score (nSPS) is 25.0. The van der Waals surface area contributed by atoms with Crippen LogP contribution in [0.5, 0.6) is 0 Å². The Morgan fingerprint density at radius 3 is 2.39 bits per heavy atom. The molecular weight excluding hydrogens is 429 g/mol. The molecule has 166 valence electrons. The van der Waals surface area contributed by atoms with Crippen molar-refractivity contribution in [2.45, 2.75) is 51.6 Å². The number of hydrogen-bond donors (Lipinski definition) is 1. The fraction of sp³-hybridized carbons (Fsp3) is 0.423. The summed E-state index contributed by atoms with van der Waals surface area (Å²) >= 11 is 12.5. The van der Waals surface area contributed by atoms with Gasteiger partial charge in [0, 0.05) is 16.0 Å². The van der Waals surface area contributed by atoms with Gasteiger partial charge in [0.2, 0.25) is 5.91 Å². The van der Waals surface area contributed by atoms with Crippen molar-refractivity contribution in [3.05, 3.63) is 82.4 Å². The Balaban J connectivity index is 2.24. The number of benzene rings is 2. The van der Waals surface area contributed by atoms with E-state index in [0.29, 0.717) is 22.9 Å². The fourth-order valence-corrected chi connectivity index (χ4v) is 5.20. The zero-order valence-electron chi connectivity index (χ0n) is 18.4. The van der Waals surface area contributed by atoms with Crippen LogP contribution in [0, 0.1) is 11.3 Å². The molecule has 3 rings (SSSR count). The molecule has 1 saturated heterocycles. The Morgan fingerprint density at radius 2 is 1.84 bits per heavy atom. The molecule has 1 aliphatic heterocycles. The van der Waals surface area contributed by atoms with Gasteiger partial charge in [0.05, 0.1) is 24.1 Å². The highest BCUT2D eigenvalue weighted by molar-refractivity contribution is 6.30. The lowest BCUT2D eigenvalue weighted by molar-refractivity contribution is -0.157. The number of aliphatic hydroxyl groups is 1. The Labute approximate surface area is 195 Å². The van der Waals surface area contributed by atoms with Gasteiger partial charge in [-0.2, -0.15) is 0 Å². The molecule has 4 atom stereocenters. The largest absolute Gasteiger partial charge is 0.394 e. The lowest BCUT2D eigenvalue weighted by Crippen LogP contribution is -2.57. The monoisotopic (exact) mass is 459 g/mol. The molecule has 0 radical (unpaired) electrons. The molecule has 5 heteroatoms. The SMILES string of the molecule is C=CCC1(C)CC(c2cccc(Cl)c2)C(c2ccc(Cl)cc2)N(C(CO)C(C)C)C1=O. The van der Waals surface area contributed by atoms with E-state index in [1.54, 1.807) is 0 Å². The van der Waals surface area contributed by atoms with Gasteiger partial charge in [-0.15, -0.1) is 6.58 Å². The molecule has 4 unspecified atom stereocenters. The first-order chi connectivity index (χ1) is 14.7. The van der Waals surface area contributed by atoms with Gasteiger partial charge < -0.3 is 10.0 Å². The van der Waals surface area contributed by atoms with Crippen LogP contribution in [0.4, 0.5) is 0 Å². The van der Waals surface area contributed by atoms with E-state index in [4.69, 9.17) is 23.2 Å². The second-order valence-corrected chi connectivity index (χ2v) is 9.99. The predicted octanol–water partition coefficient (Wildman–Crippen LogP) is 6.65.